The van der Waals surface area contributed by atoms with Crippen LogP contribution < -0.4 is 0 Å². The van der Waals surface area contributed by atoms with Crippen LogP contribution in [-0.4, -0.2) is 53.8 Å². The van der Waals surface area contributed by atoms with Gasteiger partial charge in [-0.3, -0.25) is 4.79 Å². The Labute approximate surface area is 188 Å². The fourth-order valence-corrected chi connectivity index (χ4v) is 5.44. The van der Waals surface area contributed by atoms with E-state index < -0.39 is 10.0 Å². The van der Waals surface area contributed by atoms with Crippen LogP contribution in [-0.2, 0) is 16.6 Å². The Morgan fingerprint density at radius 3 is 2.66 bits per heavy atom. The van der Waals surface area contributed by atoms with Crippen LogP contribution in [0.5, 0.6) is 0 Å². The van der Waals surface area contributed by atoms with Gasteiger partial charge in [0.2, 0.25) is 15.7 Å². The molecule has 3 heterocycles. The highest BCUT2D eigenvalue weighted by Crippen LogP contribution is 2.25. The van der Waals surface area contributed by atoms with Gasteiger partial charge >= 0.3 is 0 Å². The van der Waals surface area contributed by atoms with Gasteiger partial charge in [-0.05, 0) is 37.6 Å². The molecule has 2 aromatic heterocycles. The van der Waals surface area contributed by atoms with E-state index in [-0.39, 0.29) is 18.5 Å². The average molecular weight is 454 g/mol. The number of amides is 1. The number of carbonyl (C=O) groups excluding carboxylic acids is 1. The molecule has 4 rings (SSSR count). The van der Waals surface area contributed by atoms with E-state index in [1.165, 1.54) is 9.71 Å². The van der Waals surface area contributed by atoms with Crippen molar-refractivity contribution in [3.63, 3.8) is 0 Å². The molecular formula is C24H27N3O4S. The van der Waals surface area contributed by atoms with Gasteiger partial charge in [0, 0.05) is 43.0 Å². The molecule has 0 aliphatic carbocycles. The lowest BCUT2D eigenvalue weighted by atomic mass is 10.2. The minimum atomic E-state index is -3.60. The van der Waals surface area contributed by atoms with Gasteiger partial charge in [-0.15, -0.1) is 0 Å². The highest BCUT2D eigenvalue weighted by Gasteiger charge is 2.34. The van der Waals surface area contributed by atoms with Crippen LogP contribution in [0.3, 0.4) is 0 Å². The van der Waals surface area contributed by atoms with Gasteiger partial charge in [0.25, 0.3) is 5.91 Å². The zero-order valence-electron chi connectivity index (χ0n) is 18.3. The molecule has 0 radical (unpaired) electrons. The first-order chi connectivity index (χ1) is 15.3. The Hall–Kier alpha value is -3.10. The molecule has 1 aromatic carbocycles. The summed E-state index contributed by atoms with van der Waals surface area (Å²) in [4.78, 5) is 15.0. The summed E-state index contributed by atoms with van der Waals surface area (Å²) in [6.07, 6.45) is 3.20. The van der Waals surface area contributed by atoms with Gasteiger partial charge in [-0.1, -0.05) is 42.5 Å². The average Bonchev–Trinajstić information content (AvgIpc) is 3.35. The number of carbonyl (C=O) groups is 1. The number of rotatable bonds is 6. The maximum atomic E-state index is 13.3. The van der Waals surface area contributed by atoms with Crippen molar-refractivity contribution in [3.8, 4) is 0 Å². The monoisotopic (exact) mass is 453 g/mol. The second kappa shape index (κ2) is 8.80. The standard InChI is InChI=1S/C24H27N3O4S/c1-18(2)16-26-22(15-21-9-13-31-24(21)26)23(28)25-11-12-27(19(3)17-25)32(29,30)14-10-20-7-5-4-6-8-20/h4-10,13-15,19H,1,11-12,16-17H2,2-3H3. The Morgan fingerprint density at radius 1 is 1.22 bits per heavy atom. The van der Waals surface area contributed by atoms with E-state index in [0.717, 1.165) is 16.5 Å². The Balaban J connectivity index is 1.50. The zero-order chi connectivity index (χ0) is 22.9. The van der Waals surface area contributed by atoms with Crippen LogP contribution in [0.2, 0.25) is 0 Å². The van der Waals surface area contributed by atoms with Crippen LogP contribution in [0.1, 0.15) is 29.9 Å². The normalized spacial score (nSPS) is 17.9. The number of benzene rings is 1. The lowest BCUT2D eigenvalue weighted by Crippen LogP contribution is -2.55. The van der Waals surface area contributed by atoms with Gasteiger partial charge in [0.15, 0.2) is 0 Å². The first-order valence-corrected chi connectivity index (χ1v) is 12.0. The summed E-state index contributed by atoms with van der Waals surface area (Å²) >= 11 is 0. The second-order valence-corrected chi connectivity index (χ2v) is 9.99. The van der Waals surface area contributed by atoms with Crippen LogP contribution in [0.25, 0.3) is 17.2 Å². The molecule has 32 heavy (non-hydrogen) atoms. The summed E-state index contributed by atoms with van der Waals surface area (Å²) in [5.74, 6) is -0.138. The molecule has 0 N–H and O–H groups in total. The van der Waals surface area contributed by atoms with Gasteiger partial charge < -0.3 is 13.9 Å². The Morgan fingerprint density at radius 2 is 1.97 bits per heavy atom. The fourth-order valence-electron chi connectivity index (χ4n) is 4.05. The van der Waals surface area contributed by atoms with Crippen molar-refractivity contribution in [2.75, 3.05) is 19.6 Å². The third-order valence-electron chi connectivity index (χ3n) is 5.56. The largest absolute Gasteiger partial charge is 0.448 e. The van der Waals surface area contributed by atoms with Gasteiger partial charge in [0.1, 0.15) is 5.69 Å². The fraction of sp³-hybridized carbons (Fsp3) is 0.292. The predicted octanol–water partition coefficient (Wildman–Crippen LogP) is 3.96. The minimum absolute atomic E-state index is 0.138. The highest BCUT2D eigenvalue weighted by atomic mass is 32.2. The molecule has 3 aromatic rings. The molecule has 1 fully saturated rings. The van der Waals surface area contributed by atoms with Crippen LogP contribution in [0.15, 0.2) is 70.7 Å². The number of fused-ring (bicyclic) bond motifs is 1. The lowest BCUT2D eigenvalue weighted by molar-refractivity contribution is 0.0633. The van der Waals surface area contributed by atoms with Crippen molar-refractivity contribution in [3.05, 3.63) is 77.5 Å². The smallest absolute Gasteiger partial charge is 0.270 e. The molecule has 8 heteroatoms. The quantitative estimate of drug-likeness (QED) is 0.530. The van der Waals surface area contributed by atoms with Crippen molar-refractivity contribution >= 4 is 33.1 Å². The van der Waals surface area contributed by atoms with E-state index in [4.69, 9.17) is 4.42 Å². The van der Waals surface area contributed by atoms with E-state index in [9.17, 15) is 13.2 Å². The molecule has 1 aliphatic heterocycles. The molecule has 1 aliphatic rings. The molecule has 1 atom stereocenters. The number of hydrogen-bond acceptors (Lipinski definition) is 4. The summed E-state index contributed by atoms with van der Waals surface area (Å²) in [6.45, 7) is 9.04. The molecule has 168 valence electrons. The van der Waals surface area contributed by atoms with Gasteiger partial charge in [-0.2, -0.15) is 4.31 Å². The molecule has 1 amide bonds. The summed E-state index contributed by atoms with van der Waals surface area (Å²) in [7, 11) is -3.60. The number of hydrogen-bond donors (Lipinski definition) is 0. The summed E-state index contributed by atoms with van der Waals surface area (Å²) < 4.78 is 34.6. The number of sulfonamides is 1. The molecule has 1 unspecified atom stereocenters. The Bertz CT molecular complexity index is 1270. The number of aromatic nitrogens is 1. The molecular weight excluding hydrogens is 426 g/mol. The minimum Gasteiger partial charge on any atom is -0.448 e. The zero-order valence-corrected chi connectivity index (χ0v) is 19.1. The van der Waals surface area contributed by atoms with Gasteiger partial charge in [0.05, 0.1) is 6.26 Å². The van der Waals surface area contributed by atoms with Crippen LogP contribution in [0.4, 0.5) is 0 Å². The number of furan rings is 1. The van der Waals surface area contributed by atoms with Crippen molar-refractivity contribution in [2.24, 2.45) is 0 Å². The number of allylic oxidation sites excluding steroid dienone is 1. The van der Waals surface area contributed by atoms with E-state index in [2.05, 4.69) is 6.58 Å². The first-order valence-electron chi connectivity index (χ1n) is 10.5. The molecule has 0 bridgehead atoms. The summed E-state index contributed by atoms with van der Waals surface area (Å²) in [5.41, 5.74) is 2.88. The van der Waals surface area contributed by atoms with Crippen molar-refractivity contribution in [2.45, 2.75) is 26.4 Å². The van der Waals surface area contributed by atoms with Crippen LogP contribution in [0, 0.1) is 0 Å². The lowest BCUT2D eigenvalue weighted by Gasteiger charge is -2.38. The van der Waals surface area contributed by atoms with E-state index >= 15 is 0 Å². The third-order valence-corrected chi connectivity index (χ3v) is 7.24. The topological polar surface area (TPSA) is 75.8 Å². The maximum absolute atomic E-state index is 13.3. The van der Waals surface area contributed by atoms with E-state index in [1.54, 1.807) is 17.2 Å². The van der Waals surface area contributed by atoms with Crippen molar-refractivity contribution in [1.82, 2.24) is 13.8 Å². The highest BCUT2D eigenvalue weighted by molar-refractivity contribution is 7.92. The first kappa shape index (κ1) is 22.1. The van der Waals surface area contributed by atoms with E-state index in [1.807, 2.05) is 60.9 Å². The SMILES string of the molecule is C=C(C)Cn1c(C(=O)N2CCN(S(=O)(=O)C=Cc3ccccc3)C(C)C2)cc2ccoc21. The molecule has 0 spiro atoms. The van der Waals surface area contributed by atoms with Gasteiger partial charge in [-0.25, -0.2) is 8.42 Å². The number of nitrogens with zero attached hydrogens (tertiary/aromatic N) is 3. The maximum Gasteiger partial charge on any atom is 0.270 e. The number of piperazine rings is 1. The van der Waals surface area contributed by atoms with Crippen molar-refractivity contribution in [1.29, 1.82) is 0 Å². The molecule has 1 saturated heterocycles. The van der Waals surface area contributed by atoms with Crippen LogP contribution >= 0.6 is 0 Å². The van der Waals surface area contributed by atoms with E-state index in [0.29, 0.717) is 31.0 Å². The summed E-state index contributed by atoms with van der Waals surface area (Å²) in [5, 5.41) is 2.10. The predicted molar refractivity (Wildman–Crippen MR) is 125 cm³/mol. The molecule has 0 saturated carbocycles. The third kappa shape index (κ3) is 4.42. The van der Waals surface area contributed by atoms with Crippen molar-refractivity contribution < 1.29 is 17.6 Å². The Kier molecular flexibility index (Phi) is 6.08. The molecule has 7 nitrogen and oxygen atoms in total. The second-order valence-electron chi connectivity index (χ2n) is 8.22. The summed E-state index contributed by atoms with van der Waals surface area (Å²) in [6, 6.07) is 12.6.